The van der Waals surface area contributed by atoms with Crippen LogP contribution in [0.3, 0.4) is 0 Å². The van der Waals surface area contributed by atoms with Gasteiger partial charge in [-0.1, -0.05) is 25.7 Å². The number of amides is 1. The van der Waals surface area contributed by atoms with Crippen molar-refractivity contribution in [1.29, 1.82) is 0 Å². The quantitative estimate of drug-likeness (QED) is 0.728. The molecule has 2 fully saturated rings. The van der Waals surface area contributed by atoms with Gasteiger partial charge in [0.25, 0.3) is 0 Å². The molecule has 0 bridgehead atoms. The number of carbonyl (C=O) groups excluding carboxylic acids is 1. The topological polar surface area (TPSA) is 58.4 Å². The Kier molecular flexibility index (Phi) is 4.28. The van der Waals surface area contributed by atoms with Crippen LogP contribution in [-0.2, 0) is 4.79 Å². The van der Waals surface area contributed by atoms with E-state index in [0.29, 0.717) is 12.6 Å². The Morgan fingerprint density at radius 2 is 1.89 bits per heavy atom. The van der Waals surface area contributed by atoms with Gasteiger partial charge in [-0.15, -0.1) is 0 Å². The number of piperazine rings is 1. The van der Waals surface area contributed by atoms with Crippen LogP contribution in [0.25, 0.3) is 0 Å². The van der Waals surface area contributed by atoms with Crippen LogP contribution >= 0.6 is 0 Å². The third-order valence-electron chi connectivity index (χ3n) is 4.26. The van der Waals surface area contributed by atoms with E-state index >= 15 is 0 Å². The van der Waals surface area contributed by atoms with Crippen LogP contribution in [-0.4, -0.2) is 41.5 Å². The van der Waals surface area contributed by atoms with E-state index in [0.717, 1.165) is 6.54 Å². The van der Waals surface area contributed by atoms with Crippen LogP contribution in [0.4, 0.5) is 0 Å². The molecule has 0 spiro atoms. The molecule has 1 heterocycles. The van der Waals surface area contributed by atoms with Crippen molar-refractivity contribution >= 4 is 5.91 Å². The summed E-state index contributed by atoms with van der Waals surface area (Å²) >= 11 is 0. The minimum Gasteiger partial charge on any atom is -0.349 e. The molecule has 0 radical (unpaired) electrons. The van der Waals surface area contributed by atoms with Crippen molar-refractivity contribution in [3.05, 3.63) is 0 Å². The van der Waals surface area contributed by atoms with Crippen LogP contribution in [0, 0.1) is 0 Å². The van der Waals surface area contributed by atoms with E-state index < -0.39 is 0 Å². The molecule has 1 unspecified atom stereocenters. The van der Waals surface area contributed by atoms with Gasteiger partial charge in [0.1, 0.15) is 6.04 Å². The second-order valence-corrected chi connectivity index (χ2v) is 6.44. The molecular weight excluding hydrogens is 226 g/mol. The molecular formula is C14H27N3O. The number of hydrogen-bond acceptors (Lipinski definition) is 3. The molecule has 4 nitrogen and oxygen atoms in total. The lowest BCUT2D eigenvalue weighted by Crippen LogP contribution is -2.68. The molecule has 0 aromatic carbocycles. The fourth-order valence-corrected chi connectivity index (χ4v) is 3.39. The summed E-state index contributed by atoms with van der Waals surface area (Å²) in [6.07, 6.45) is 7.71. The molecule has 1 aliphatic heterocycles. The molecule has 18 heavy (non-hydrogen) atoms. The molecule has 4 heteroatoms. The maximum absolute atomic E-state index is 12.1. The zero-order chi connectivity index (χ0) is 13.2. The summed E-state index contributed by atoms with van der Waals surface area (Å²) in [5.41, 5.74) is 5.69. The summed E-state index contributed by atoms with van der Waals surface area (Å²) < 4.78 is 0. The van der Waals surface area contributed by atoms with E-state index in [1.165, 1.54) is 38.5 Å². The third kappa shape index (κ3) is 3.04. The van der Waals surface area contributed by atoms with Crippen molar-refractivity contribution in [3.8, 4) is 0 Å². The van der Waals surface area contributed by atoms with Crippen LogP contribution in [0.15, 0.2) is 0 Å². The summed E-state index contributed by atoms with van der Waals surface area (Å²) in [5.74, 6) is 0.109. The lowest BCUT2D eigenvalue weighted by molar-refractivity contribution is -0.134. The average molecular weight is 253 g/mol. The van der Waals surface area contributed by atoms with Gasteiger partial charge in [-0.2, -0.15) is 0 Å². The predicted molar refractivity (Wildman–Crippen MR) is 73.3 cm³/mol. The maximum Gasteiger partial charge on any atom is 0.239 e. The zero-order valence-electron chi connectivity index (χ0n) is 11.7. The van der Waals surface area contributed by atoms with E-state index in [1.807, 2.05) is 0 Å². The largest absolute Gasteiger partial charge is 0.349 e. The number of nitrogens with two attached hydrogens (primary N) is 1. The van der Waals surface area contributed by atoms with Gasteiger partial charge in [0, 0.05) is 24.7 Å². The minimum absolute atomic E-state index is 0.109. The van der Waals surface area contributed by atoms with Gasteiger partial charge in [-0.3, -0.25) is 9.69 Å². The van der Waals surface area contributed by atoms with Crippen LogP contribution in [0.1, 0.15) is 52.4 Å². The van der Waals surface area contributed by atoms with Gasteiger partial charge < -0.3 is 11.1 Å². The second-order valence-electron chi connectivity index (χ2n) is 6.44. The monoisotopic (exact) mass is 253 g/mol. The van der Waals surface area contributed by atoms with Gasteiger partial charge in [0.2, 0.25) is 5.91 Å². The van der Waals surface area contributed by atoms with Crippen LogP contribution in [0.5, 0.6) is 0 Å². The molecule has 2 aliphatic rings. The molecule has 1 saturated heterocycles. The molecule has 104 valence electrons. The Morgan fingerprint density at radius 1 is 1.28 bits per heavy atom. The van der Waals surface area contributed by atoms with Crippen molar-refractivity contribution < 1.29 is 4.79 Å². The molecule has 0 aromatic rings. The third-order valence-corrected chi connectivity index (χ3v) is 4.26. The van der Waals surface area contributed by atoms with E-state index in [-0.39, 0.29) is 17.5 Å². The Bertz CT molecular complexity index is 295. The molecule has 2 rings (SSSR count). The Labute approximate surface area is 110 Å². The normalized spacial score (nSPS) is 30.8. The molecule has 1 aliphatic carbocycles. The lowest BCUT2D eigenvalue weighted by Gasteiger charge is -2.46. The van der Waals surface area contributed by atoms with E-state index in [9.17, 15) is 4.79 Å². The standard InChI is InChI=1S/C14H27N3O/c1-14(2)10-17(12(9-15)13(18)16-14)11-7-5-3-4-6-8-11/h11-12H,3-10,15H2,1-2H3,(H,16,18). The number of nitrogens with one attached hydrogen (secondary N) is 1. The molecule has 3 N–H and O–H groups in total. The smallest absolute Gasteiger partial charge is 0.239 e. The van der Waals surface area contributed by atoms with Gasteiger partial charge in [0.15, 0.2) is 0 Å². The zero-order valence-corrected chi connectivity index (χ0v) is 11.7. The average Bonchev–Trinajstić information content (AvgIpc) is 2.55. The van der Waals surface area contributed by atoms with Gasteiger partial charge >= 0.3 is 0 Å². The highest BCUT2D eigenvalue weighted by molar-refractivity contribution is 5.83. The first kappa shape index (κ1) is 13.8. The fraction of sp³-hybridized carbons (Fsp3) is 0.929. The molecule has 1 saturated carbocycles. The van der Waals surface area contributed by atoms with Crippen LogP contribution in [0.2, 0.25) is 0 Å². The molecule has 1 atom stereocenters. The summed E-state index contributed by atoms with van der Waals surface area (Å²) in [4.78, 5) is 14.5. The number of rotatable bonds is 2. The van der Waals surface area contributed by atoms with Crippen LogP contribution < -0.4 is 11.1 Å². The van der Waals surface area contributed by atoms with Crippen molar-refractivity contribution in [1.82, 2.24) is 10.2 Å². The number of nitrogens with zero attached hydrogens (tertiary/aromatic N) is 1. The first-order chi connectivity index (χ1) is 8.53. The molecule has 0 aromatic heterocycles. The highest BCUT2D eigenvalue weighted by atomic mass is 16.2. The summed E-state index contributed by atoms with van der Waals surface area (Å²) in [6.45, 7) is 5.55. The van der Waals surface area contributed by atoms with Crippen molar-refractivity contribution in [2.75, 3.05) is 13.1 Å². The van der Waals surface area contributed by atoms with Gasteiger partial charge in [0.05, 0.1) is 0 Å². The minimum atomic E-state index is -0.130. The summed E-state index contributed by atoms with van der Waals surface area (Å²) in [6, 6.07) is 0.424. The van der Waals surface area contributed by atoms with Crippen molar-refractivity contribution in [2.24, 2.45) is 5.73 Å². The lowest BCUT2D eigenvalue weighted by atomic mass is 9.94. The summed E-state index contributed by atoms with van der Waals surface area (Å²) in [7, 11) is 0. The predicted octanol–water partition coefficient (Wildman–Crippen LogP) is 1.25. The SMILES string of the molecule is CC1(C)CN(C2CCCCCC2)C(CN)C(=O)N1. The Morgan fingerprint density at radius 3 is 2.44 bits per heavy atom. The Balaban J connectivity index is 2.12. The first-order valence-corrected chi connectivity index (χ1v) is 7.31. The number of hydrogen-bond donors (Lipinski definition) is 2. The van der Waals surface area contributed by atoms with E-state index in [1.54, 1.807) is 0 Å². The van der Waals surface area contributed by atoms with Crippen molar-refractivity contribution in [2.45, 2.75) is 70.0 Å². The van der Waals surface area contributed by atoms with E-state index in [2.05, 4.69) is 24.1 Å². The highest BCUT2D eigenvalue weighted by Crippen LogP contribution is 2.27. The fourth-order valence-electron chi connectivity index (χ4n) is 3.39. The molecule has 1 amide bonds. The highest BCUT2D eigenvalue weighted by Gasteiger charge is 2.40. The maximum atomic E-state index is 12.1. The van der Waals surface area contributed by atoms with E-state index in [4.69, 9.17) is 5.73 Å². The summed E-state index contributed by atoms with van der Waals surface area (Å²) in [5, 5.41) is 3.08. The van der Waals surface area contributed by atoms with Crippen molar-refractivity contribution in [3.63, 3.8) is 0 Å². The van der Waals surface area contributed by atoms with Gasteiger partial charge in [-0.25, -0.2) is 0 Å². The Hall–Kier alpha value is -0.610. The number of carbonyl (C=O) groups is 1. The second kappa shape index (κ2) is 5.57. The first-order valence-electron chi connectivity index (χ1n) is 7.31. The van der Waals surface area contributed by atoms with Gasteiger partial charge in [-0.05, 0) is 26.7 Å².